The zero-order chi connectivity index (χ0) is 11.5. The molecule has 0 aromatic heterocycles. The Morgan fingerprint density at radius 3 is 2.88 bits per heavy atom. The number of rotatable bonds is 3. The average Bonchev–Trinajstić information content (AvgIpc) is 2.59. The first-order chi connectivity index (χ1) is 7.65. The van der Waals surface area contributed by atoms with Gasteiger partial charge >= 0.3 is 6.03 Å². The molecule has 2 rings (SSSR count). The van der Waals surface area contributed by atoms with Gasteiger partial charge in [0.1, 0.15) is 0 Å². The Balaban J connectivity index is 1.74. The van der Waals surface area contributed by atoms with E-state index in [0.29, 0.717) is 12.0 Å². The van der Waals surface area contributed by atoms with Gasteiger partial charge in [0.15, 0.2) is 0 Å². The van der Waals surface area contributed by atoms with E-state index >= 15 is 0 Å². The molecule has 0 saturated carbocycles. The van der Waals surface area contributed by atoms with Crippen LogP contribution in [0.4, 0.5) is 4.79 Å². The smallest absolute Gasteiger partial charge is 0.317 e. The Labute approximate surface area is 96.9 Å². The third kappa shape index (κ3) is 2.86. The summed E-state index contributed by atoms with van der Waals surface area (Å²) in [6.45, 7) is 7.73. The molecule has 0 spiro atoms. The molecular weight excluding hydrogens is 204 g/mol. The third-order valence-electron chi connectivity index (χ3n) is 3.40. The van der Waals surface area contributed by atoms with Crippen LogP contribution in [-0.4, -0.2) is 61.1 Å². The second-order valence-electron chi connectivity index (χ2n) is 5.08. The molecule has 16 heavy (non-hydrogen) atoms. The van der Waals surface area contributed by atoms with Crippen LogP contribution >= 0.6 is 0 Å². The number of hydrogen-bond acceptors (Lipinski definition) is 3. The highest BCUT2D eigenvalue weighted by atomic mass is 16.2. The molecule has 0 aliphatic carbocycles. The molecule has 0 aromatic rings. The summed E-state index contributed by atoms with van der Waals surface area (Å²) in [5.74, 6) is 0.677. The Hall–Kier alpha value is -0.810. The van der Waals surface area contributed by atoms with E-state index in [2.05, 4.69) is 17.1 Å². The average molecular weight is 226 g/mol. The molecule has 0 aromatic carbocycles. The molecule has 2 fully saturated rings. The van der Waals surface area contributed by atoms with Crippen LogP contribution in [0.5, 0.6) is 0 Å². The molecule has 2 aliphatic heterocycles. The maximum absolute atomic E-state index is 11.3. The van der Waals surface area contributed by atoms with Crippen molar-refractivity contribution >= 4 is 6.03 Å². The number of carbonyl (C=O) groups is 1. The number of nitrogens with zero attached hydrogens (tertiary/aromatic N) is 2. The second-order valence-corrected chi connectivity index (χ2v) is 5.08. The van der Waals surface area contributed by atoms with E-state index in [4.69, 9.17) is 5.73 Å². The number of carbonyl (C=O) groups excluding carboxylic acids is 1. The fourth-order valence-corrected chi connectivity index (χ4v) is 2.68. The first-order valence-electron chi connectivity index (χ1n) is 6.16. The predicted molar refractivity (Wildman–Crippen MR) is 63.2 cm³/mol. The van der Waals surface area contributed by atoms with Gasteiger partial charge in [-0.15, -0.1) is 0 Å². The summed E-state index contributed by atoms with van der Waals surface area (Å²) in [5.41, 5.74) is 5.99. The third-order valence-corrected chi connectivity index (χ3v) is 3.40. The SMILES string of the molecule is CC1CC(N)CN(CCN2CCNC2=O)C1. The summed E-state index contributed by atoms with van der Waals surface area (Å²) in [4.78, 5) is 15.6. The Bertz CT molecular complexity index is 248. The number of nitrogens with two attached hydrogens (primary N) is 1. The standard InChI is InChI=1S/C11H22N4O/c1-9-6-10(12)8-14(7-9)4-5-15-3-2-13-11(15)16/h9-10H,2-8,12H2,1H3,(H,13,16). The maximum atomic E-state index is 11.3. The van der Waals surface area contributed by atoms with Crippen molar-refractivity contribution in [1.29, 1.82) is 0 Å². The quantitative estimate of drug-likeness (QED) is 0.693. The first-order valence-corrected chi connectivity index (χ1v) is 6.16. The van der Waals surface area contributed by atoms with Gasteiger partial charge in [-0.2, -0.15) is 0 Å². The van der Waals surface area contributed by atoms with Crippen molar-refractivity contribution in [2.24, 2.45) is 11.7 Å². The largest absolute Gasteiger partial charge is 0.336 e. The summed E-state index contributed by atoms with van der Waals surface area (Å²) < 4.78 is 0. The fourth-order valence-electron chi connectivity index (χ4n) is 2.68. The Kier molecular flexibility index (Phi) is 3.66. The fraction of sp³-hybridized carbons (Fsp3) is 0.909. The molecule has 92 valence electrons. The van der Waals surface area contributed by atoms with Crippen molar-refractivity contribution in [1.82, 2.24) is 15.1 Å². The first kappa shape index (κ1) is 11.7. The van der Waals surface area contributed by atoms with Gasteiger partial charge in [0.05, 0.1) is 0 Å². The summed E-state index contributed by atoms with van der Waals surface area (Å²) in [6, 6.07) is 0.380. The summed E-state index contributed by atoms with van der Waals surface area (Å²) >= 11 is 0. The molecule has 2 atom stereocenters. The van der Waals surface area contributed by atoms with Crippen LogP contribution in [0.15, 0.2) is 0 Å². The lowest BCUT2D eigenvalue weighted by atomic mass is 9.97. The summed E-state index contributed by atoms with van der Waals surface area (Å²) in [6.07, 6.45) is 1.13. The van der Waals surface area contributed by atoms with E-state index in [0.717, 1.165) is 45.7 Å². The summed E-state index contributed by atoms with van der Waals surface area (Å²) in [5, 5.41) is 2.82. The van der Waals surface area contributed by atoms with Crippen molar-refractivity contribution in [2.45, 2.75) is 19.4 Å². The Morgan fingerprint density at radius 1 is 1.44 bits per heavy atom. The lowest BCUT2D eigenvalue weighted by Gasteiger charge is -2.35. The van der Waals surface area contributed by atoms with Crippen LogP contribution < -0.4 is 11.1 Å². The van der Waals surface area contributed by atoms with Crippen molar-refractivity contribution in [3.05, 3.63) is 0 Å². The number of piperidine rings is 1. The van der Waals surface area contributed by atoms with E-state index in [-0.39, 0.29) is 6.03 Å². The molecule has 3 N–H and O–H groups in total. The van der Waals surface area contributed by atoms with E-state index < -0.39 is 0 Å². The van der Waals surface area contributed by atoms with Crippen molar-refractivity contribution in [3.63, 3.8) is 0 Å². The normalized spacial score (nSPS) is 31.9. The van der Waals surface area contributed by atoms with Gasteiger partial charge in [0.2, 0.25) is 0 Å². The van der Waals surface area contributed by atoms with E-state index in [1.165, 1.54) is 0 Å². The topological polar surface area (TPSA) is 61.6 Å². The molecule has 5 heteroatoms. The van der Waals surface area contributed by atoms with Crippen LogP contribution in [0.1, 0.15) is 13.3 Å². The van der Waals surface area contributed by atoms with Gasteiger partial charge in [-0.3, -0.25) is 4.90 Å². The van der Waals surface area contributed by atoms with Crippen molar-refractivity contribution in [2.75, 3.05) is 39.3 Å². The Morgan fingerprint density at radius 2 is 2.25 bits per heavy atom. The van der Waals surface area contributed by atoms with Crippen LogP contribution in [0, 0.1) is 5.92 Å². The highest BCUT2D eigenvalue weighted by Crippen LogP contribution is 2.14. The van der Waals surface area contributed by atoms with E-state index in [9.17, 15) is 4.79 Å². The second kappa shape index (κ2) is 5.01. The number of likely N-dealkylation sites (tertiary alicyclic amines) is 1. The lowest BCUT2D eigenvalue weighted by molar-refractivity contribution is 0.150. The predicted octanol–water partition coefficient (Wildman–Crippen LogP) is -0.319. The molecule has 2 aliphatic rings. The number of amides is 2. The maximum Gasteiger partial charge on any atom is 0.317 e. The van der Waals surface area contributed by atoms with Crippen LogP contribution in [0.2, 0.25) is 0 Å². The van der Waals surface area contributed by atoms with Crippen LogP contribution in [-0.2, 0) is 0 Å². The minimum Gasteiger partial charge on any atom is -0.336 e. The molecule has 2 heterocycles. The molecule has 2 saturated heterocycles. The van der Waals surface area contributed by atoms with Gasteiger partial charge < -0.3 is 16.0 Å². The zero-order valence-electron chi connectivity index (χ0n) is 9.98. The van der Waals surface area contributed by atoms with Gasteiger partial charge in [-0.25, -0.2) is 4.79 Å². The van der Waals surface area contributed by atoms with Crippen LogP contribution in [0.3, 0.4) is 0 Å². The zero-order valence-corrected chi connectivity index (χ0v) is 9.98. The van der Waals surface area contributed by atoms with Crippen molar-refractivity contribution < 1.29 is 4.79 Å². The van der Waals surface area contributed by atoms with Gasteiger partial charge in [0.25, 0.3) is 0 Å². The van der Waals surface area contributed by atoms with Crippen molar-refractivity contribution in [3.8, 4) is 0 Å². The molecule has 5 nitrogen and oxygen atoms in total. The monoisotopic (exact) mass is 226 g/mol. The van der Waals surface area contributed by atoms with E-state index in [1.807, 2.05) is 4.90 Å². The van der Waals surface area contributed by atoms with Gasteiger partial charge in [0, 0.05) is 45.3 Å². The minimum absolute atomic E-state index is 0.0781. The van der Waals surface area contributed by atoms with Crippen LogP contribution in [0.25, 0.3) is 0 Å². The van der Waals surface area contributed by atoms with E-state index in [1.54, 1.807) is 0 Å². The molecule has 0 radical (unpaired) electrons. The minimum atomic E-state index is 0.0781. The number of urea groups is 1. The lowest BCUT2D eigenvalue weighted by Crippen LogP contribution is -2.48. The number of hydrogen-bond donors (Lipinski definition) is 2. The highest BCUT2D eigenvalue weighted by molar-refractivity contribution is 5.76. The van der Waals surface area contributed by atoms with Gasteiger partial charge in [-0.05, 0) is 12.3 Å². The summed E-state index contributed by atoms with van der Waals surface area (Å²) in [7, 11) is 0. The highest BCUT2D eigenvalue weighted by Gasteiger charge is 2.24. The molecule has 2 unspecified atom stereocenters. The molecule has 2 amide bonds. The number of nitrogens with one attached hydrogen (secondary N) is 1. The molecular formula is C11H22N4O. The molecule has 0 bridgehead atoms. The van der Waals surface area contributed by atoms with Gasteiger partial charge in [-0.1, -0.05) is 6.92 Å².